The second-order valence-electron chi connectivity index (χ2n) is 7.65. The van der Waals surface area contributed by atoms with E-state index in [1.54, 1.807) is 24.4 Å². The highest BCUT2D eigenvalue weighted by atomic mass is 35.5. The molecule has 1 aromatic heterocycles. The summed E-state index contributed by atoms with van der Waals surface area (Å²) in [6, 6.07) is 11.5. The minimum atomic E-state index is -0.774. The first-order chi connectivity index (χ1) is 15.4. The number of para-hydroxylation sites is 1. The molecule has 1 aliphatic heterocycles. The molecule has 32 heavy (non-hydrogen) atoms. The highest BCUT2D eigenvalue weighted by molar-refractivity contribution is 6.32. The Morgan fingerprint density at radius 2 is 1.94 bits per heavy atom. The van der Waals surface area contributed by atoms with Gasteiger partial charge >= 0.3 is 0 Å². The quantitative estimate of drug-likeness (QED) is 0.450. The molecule has 0 bridgehead atoms. The Morgan fingerprint density at radius 3 is 2.66 bits per heavy atom. The van der Waals surface area contributed by atoms with E-state index >= 15 is 0 Å². The van der Waals surface area contributed by atoms with Crippen LogP contribution in [0.4, 0.5) is 8.78 Å². The van der Waals surface area contributed by atoms with Crippen molar-refractivity contribution in [3.8, 4) is 5.69 Å². The zero-order chi connectivity index (χ0) is 22.7. The standard InChI is InChI=1S/C24H22ClF2N3O2/c1-15-3-2-4-20(25)24(15)30-14-16(5-8-22(30)31)23(19-7-6-17(26)13-21(19)27)29-32-18-9-11-28-12-10-18/h2-8,13-14,18,28H,9-12H2,1H3. The Bertz CT molecular complexity index is 1200. The summed E-state index contributed by atoms with van der Waals surface area (Å²) < 4.78 is 29.6. The van der Waals surface area contributed by atoms with Gasteiger partial charge in [0, 0.05) is 29.5 Å². The fourth-order valence-electron chi connectivity index (χ4n) is 3.70. The maximum atomic E-state index is 14.7. The zero-order valence-corrected chi connectivity index (χ0v) is 18.2. The van der Waals surface area contributed by atoms with Gasteiger partial charge in [-0.1, -0.05) is 28.9 Å². The molecule has 0 saturated carbocycles. The fraction of sp³-hybridized carbons (Fsp3) is 0.250. The predicted octanol–water partition coefficient (Wildman–Crippen LogP) is 4.60. The summed E-state index contributed by atoms with van der Waals surface area (Å²) in [5.74, 6) is -1.47. The van der Waals surface area contributed by atoms with Crippen LogP contribution in [0.25, 0.3) is 5.69 Å². The van der Waals surface area contributed by atoms with Crippen LogP contribution in [0.2, 0.25) is 5.02 Å². The van der Waals surface area contributed by atoms with Gasteiger partial charge in [-0.3, -0.25) is 9.36 Å². The normalized spacial score (nSPS) is 15.1. The van der Waals surface area contributed by atoms with E-state index in [2.05, 4.69) is 10.5 Å². The number of hydrogen-bond donors (Lipinski definition) is 1. The van der Waals surface area contributed by atoms with Crippen LogP contribution in [0.1, 0.15) is 29.5 Å². The van der Waals surface area contributed by atoms with E-state index in [9.17, 15) is 13.6 Å². The molecule has 0 amide bonds. The molecule has 5 nitrogen and oxygen atoms in total. The van der Waals surface area contributed by atoms with Crippen LogP contribution in [0.3, 0.4) is 0 Å². The second kappa shape index (κ2) is 9.63. The number of benzene rings is 2. The van der Waals surface area contributed by atoms with Crippen LogP contribution < -0.4 is 10.9 Å². The Balaban J connectivity index is 1.83. The molecule has 1 saturated heterocycles. The third-order valence-electron chi connectivity index (χ3n) is 5.38. The maximum Gasteiger partial charge on any atom is 0.255 e. The number of piperidine rings is 1. The smallest absolute Gasteiger partial charge is 0.255 e. The minimum Gasteiger partial charge on any atom is -0.392 e. The molecule has 1 fully saturated rings. The molecule has 0 aliphatic carbocycles. The van der Waals surface area contributed by atoms with E-state index in [1.807, 2.05) is 13.0 Å². The molecule has 4 rings (SSSR count). The van der Waals surface area contributed by atoms with Crippen molar-refractivity contribution in [3.05, 3.63) is 98.4 Å². The van der Waals surface area contributed by atoms with Gasteiger partial charge in [-0.25, -0.2) is 8.78 Å². The van der Waals surface area contributed by atoms with Crippen LogP contribution in [-0.4, -0.2) is 29.5 Å². The van der Waals surface area contributed by atoms with Crippen molar-refractivity contribution >= 4 is 17.3 Å². The third-order valence-corrected chi connectivity index (χ3v) is 5.68. The molecule has 3 aromatic rings. The monoisotopic (exact) mass is 457 g/mol. The summed E-state index contributed by atoms with van der Waals surface area (Å²) in [5, 5.41) is 7.91. The predicted molar refractivity (Wildman–Crippen MR) is 121 cm³/mol. The first-order valence-corrected chi connectivity index (χ1v) is 10.7. The van der Waals surface area contributed by atoms with Crippen molar-refractivity contribution in [2.75, 3.05) is 13.1 Å². The first kappa shape index (κ1) is 22.2. The van der Waals surface area contributed by atoms with Crippen LogP contribution in [0.5, 0.6) is 0 Å². The van der Waals surface area contributed by atoms with Gasteiger partial charge < -0.3 is 10.2 Å². The third kappa shape index (κ3) is 4.74. The fourth-order valence-corrected chi connectivity index (χ4v) is 4.01. The van der Waals surface area contributed by atoms with E-state index in [1.165, 1.54) is 16.7 Å². The zero-order valence-electron chi connectivity index (χ0n) is 17.4. The lowest BCUT2D eigenvalue weighted by atomic mass is 10.0. The second-order valence-corrected chi connectivity index (χ2v) is 8.06. The van der Waals surface area contributed by atoms with Crippen LogP contribution in [0, 0.1) is 18.6 Å². The van der Waals surface area contributed by atoms with Crippen molar-refractivity contribution in [1.82, 2.24) is 9.88 Å². The molecule has 0 spiro atoms. The molecule has 0 radical (unpaired) electrons. The molecule has 166 valence electrons. The lowest BCUT2D eigenvalue weighted by Crippen LogP contribution is -2.31. The van der Waals surface area contributed by atoms with Crippen molar-refractivity contribution in [3.63, 3.8) is 0 Å². The van der Waals surface area contributed by atoms with Crippen LogP contribution >= 0.6 is 11.6 Å². The van der Waals surface area contributed by atoms with Gasteiger partial charge in [0.05, 0.1) is 10.7 Å². The van der Waals surface area contributed by atoms with Gasteiger partial charge in [-0.2, -0.15) is 0 Å². The number of rotatable bonds is 5. The number of pyridine rings is 1. The van der Waals surface area contributed by atoms with Gasteiger partial charge in [0.2, 0.25) is 0 Å². The van der Waals surface area contributed by atoms with Crippen molar-refractivity contribution in [2.24, 2.45) is 5.16 Å². The van der Waals surface area contributed by atoms with E-state index in [4.69, 9.17) is 16.4 Å². The van der Waals surface area contributed by atoms with E-state index in [0.29, 0.717) is 16.3 Å². The van der Waals surface area contributed by atoms with Gasteiger partial charge in [-0.15, -0.1) is 0 Å². The largest absolute Gasteiger partial charge is 0.392 e. The van der Waals surface area contributed by atoms with E-state index < -0.39 is 11.6 Å². The summed E-state index contributed by atoms with van der Waals surface area (Å²) in [6.45, 7) is 3.45. The summed E-state index contributed by atoms with van der Waals surface area (Å²) >= 11 is 6.37. The summed E-state index contributed by atoms with van der Waals surface area (Å²) in [4.78, 5) is 18.4. The number of nitrogens with zero attached hydrogens (tertiary/aromatic N) is 2. The SMILES string of the molecule is Cc1cccc(Cl)c1-n1cc(C(=NOC2CCNCC2)c2ccc(F)cc2F)ccc1=O. The number of nitrogens with one attached hydrogen (secondary N) is 1. The molecule has 8 heteroatoms. The number of aromatic nitrogens is 1. The summed E-state index contributed by atoms with van der Waals surface area (Å²) in [7, 11) is 0. The van der Waals surface area contributed by atoms with Gasteiger partial charge in [0.15, 0.2) is 0 Å². The van der Waals surface area contributed by atoms with Crippen LogP contribution in [0.15, 0.2) is 64.7 Å². The highest BCUT2D eigenvalue weighted by Gasteiger charge is 2.19. The molecular weight excluding hydrogens is 436 g/mol. The minimum absolute atomic E-state index is 0.0708. The van der Waals surface area contributed by atoms with Crippen molar-refractivity contribution in [1.29, 1.82) is 0 Å². The number of hydrogen-bond acceptors (Lipinski definition) is 4. The lowest BCUT2D eigenvalue weighted by Gasteiger charge is -2.21. The van der Waals surface area contributed by atoms with Crippen molar-refractivity contribution in [2.45, 2.75) is 25.9 Å². The lowest BCUT2D eigenvalue weighted by molar-refractivity contribution is 0.0378. The van der Waals surface area contributed by atoms with Gasteiger partial charge in [-0.05, 0) is 62.7 Å². The number of oxime groups is 1. The van der Waals surface area contributed by atoms with E-state index in [0.717, 1.165) is 43.6 Å². The molecule has 0 atom stereocenters. The average Bonchev–Trinajstić information content (AvgIpc) is 2.77. The summed E-state index contributed by atoms with van der Waals surface area (Å²) in [6.07, 6.45) is 2.96. The number of halogens is 3. The maximum absolute atomic E-state index is 14.7. The molecule has 1 aliphatic rings. The Hall–Kier alpha value is -3.03. The summed E-state index contributed by atoms with van der Waals surface area (Å²) in [5.41, 5.74) is 1.70. The topological polar surface area (TPSA) is 55.6 Å². The molecule has 0 unspecified atom stereocenters. The molecular formula is C24H22ClF2N3O2. The first-order valence-electron chi connectivity index (χ1n) is 10.3. The highest BCUT2D eigenvalue weighted by Crippen LogP contribution is 2.24. The average molecular weight is 458 g/mol. The molecule has 2 heterocycles. The van der Waals surface area contributed by atoms with Gasteiger partial charge in [0.1, 0.15) is 23.5 Å². The Morgan fingerprint density at radius 1 is 1.16 bits per heavy atom. The Labute approximate surface area is 189 Å². The number of aryl methyl sites for hydroxylation is 1. The van der Waals surface area contributed by atoms with Gasteiger partial charge in [0.25, 0.3) is 5.56 Å². The Kier molecular flexibility index (Phi) is 6.67. The van der Waals surface area contributed by atoms with Crippen LogP contribution in [-0.2, 0) is 4.84 Å². The van der Waals surface area contributed by atoms with Crippen molar-refractivity contribution < 1.29 is 13.6 Å². The van der Waals surface area contributed by atoms with E-state index in [-0.39, 0.29) is 22.9 Å². The molecule has 1 N–H and O–H groups in total. The molecule has 2 aromatic carbocycles.